The van der Waals surface area contributed by atoms with Gasteiger partial charge in [-0.25, -0.2) is 0 Å². The van der Waals surface area contributed by atoms with Crippen LogP contribution < -0.4 is 0 Å². The van der Waals surface area contributed by atoms with E-state index in [1.54, 1.807) is 0 Å². The van der Waals surface area contributed by atoms with Gasteiger partial charge >= 0.3 is 12.1 Å². The van der Waals surface area contributed by atoms with Gasteiger partial charge in [-0.1, -0.05) is 30.3 Å². The van der Waals surface area contributed by atoms with Crippen molar-refractivity contribution in [1.29, 1.82) is 0 Å². The van der Waals surface area contributed by atoms with Gasteiger partial charge in [-0.15, -0.1) is 0 Å². The van der Waals surface area contributed by atoms with Gasteiger partial charge in [0.25, 0.3) is 0 Å². The molecule has 1 N–H and O–H groups in total. The van der Waals surface area contributed by atoms with Crippen LogP contribution in [0.15, 0.2) is 30.3 Å². The molecule has 6 heteroatoms. The zero-order valence-electron chi connectivity index (χ0n) is 10.6. The lowest BCUT2D eigenvalue weighted by Gasteiger charge is -2.30. The molecule has 0 aromatic heterocycles. The topological polar surface area (TPSA) is 46.5 Å². The Morgan fingerprint density at radius 2 is 1.79 bits per heavy atom. The first-order valence-electron chi connectivity index (χ1n) is 5.71. The minimum atomic E-state index is -4.97. The first kappa shape index (κ1) is 15.5. The van der Waals surface area contributed by atoms with Crippen LogP contribution in [0.4, 0.5) is 13.2 Å². The molecular weight excluding hydrogens is 261 g/mol. The third-order valence-electron chi connectivity index (χ3n) is 2.49. The SMILES string of the molecule is CC(C)OC(=O)C[C@](O)(c1ccccc1)C(F)(F)F. The van der Waals surface area contributed by atoms with E-state index in [-0.39, 0.29) is 5.56 Å². The van der Waals surface area contributed by atoms with E-state index in [0.717, 1.165) is 12.1 Å². The molecule has 106 valence electrons. The molecule has 1 aromatic carbocycles. The number of benzene rings is 1. The Bertz CT molecular complexity index is 429. The molecule has 1 atom stereocenters. The molecule has 1 aromatic rings. The predicted molar refractivity (Wildman–Crippen MR) is 62.2 cm³/mol. The van der Waals surface area contributed by atoms with E-state index in [1.165, 1.54) is 32.0 Å². The second-order valence-corrected chi connectivity index (χ2v) is 4.44. The molecule has 0 unspecified atom stereocenters. The van der Waals surface area contributed by atoms with Crippen LogP contribution >= 0.6 is 0 Å². The van der Waals surface area contributed by atoms with Gasteiger partial charge in [0.05, 0.1) is 12.5 Å². The summed E-state index contributed by atoms with van der Waals surface area (Å²) in [5, 5.41) is 9.88. The van der Waals surface area contributed by atoms with Crippen LogP contribution in [0.5, 0.6) is 0 Å². The molecule has 0 saturated carbocycles. The monoisotopic (exact) mass is 276 g/mol. The highest BCUT2D eigenvalue weighted by atomic mass is 19.4. The molecule has 0 spiro atoms. The molecule has 0 aliphatic carbocycles. The van der Waals surface area contributed by atoms with E-state index in [1.807, 2.05) is 0 Å². The van der Waals surface area contributed by atoms with Crippen molar-refractivity contribution in [3.8, 4) is 0 Å². The average Bonchev–Trinajstić information content (AvgIpc) is 2.27. The molecule has 0 fully saturated rings. The summed E-state index contributed by atoms with van der Waals surface area (Å²) in [4.78, 5) is 11.4. The van der Waals surface area contributed by atoms with Gasteiger partial charge in [0.2, 0.25) is 0 Å². The Balaban J connectivity index is 3.06. The highest BCUT2D eigenvalue weighted by Crippen LogP contribution is 2.41. The summed E-state index contributed by atoms with van der Waals surface area (Å²) >= 11 is 0. The first-order valence-corrected chi connectivity index (χ1v) is 5.71. The average molecular weight is 276 g/mol. The summed E-state index contributed by atoms with van der Waals surface area (Å²) in [6.45, 7) is 3.04. The number of aliphatic hydroxyl groups is 1. The molecule has 0 saturated heterocycles. The molecule has 0 heterocycles. The Morgan fingerprint density at radius 1 is 1.26 bits per heavy atom. The molecule has 3 nitrogen and oxygen atoms in total. The minimum Gasteiger partial charge on any atom is -0.463 e. The Labute approximate surface area is 109 Å². The Hall–Kier alpha value is -1.56. The smallest absolute Gasteiger partial charge is 0.422 e. The summed E-state index contributed by atoms with van der Waals surface area (Å²) < 4.78 is 43.8. The number of carbonyl (C=O) groups is 1. The van der Waals surface area contributed by atoms with E-state index < -0.39 is 30.3 Å². The van der Waals surface area contributed by atoms with Crippen molar-refractivity contribution in [2.24, 2.45) is 0 Å². The fourth-order valence-electron chi connectivity index (χ4n) is 1.59. The normalized spacial score (nSPS) is 15.1. The van der Waals surface area contributed by atoms with Crippen LogP contribution in [-0.2, 0) is 15.1 Å². The van der Waals surface area contributed by atoms with Gasteiger partial charge in [0, 0.05) is 0 Å². The summed E-state index contributed by atoms with van der Waals surface area (Å²) in [5.41, 5.74) is -3.62. The highest BCUT2D eigenvalue weighted by Gasteiger charge is 2.56. The first-order chi connectivity index (χ1) is 8.67. The lowest BCUT2D eigenvalue weighted by molar-refractivity contribution is -0.270. The van der Waals surface area contributed by atoms with E-state index in [0.29, 0.717) is 0 Å². The van der Waals surface area contributed by atoms with Crippen LogP contribution in [-0.4, -0.2) is 23.4 Å². The van der Waals surface area contributed by atoms with Crippen molar-refractivity contribution in [3.05, 3.63) is 35.9 Å². The van der Waals surface area contributed by atoms with Gasteiger partial charge in [-0.2, -0.15) is 13.2 Å². The molecule has 0 bridgehead atoms. The maximum Gasteiger partial charge on any atom is 0.422 e. The number of alkyl halides is 3. The Morgan fingerprint density at radius 3 is 2.21 bits per heavy atom. The zero-order valence-corrected chi connectivity index (χ0v) is 10.6. The lowest BCUT2D eigenvalue weighted by Crippen LogP contribution is -2.44. The maximum atomic E-state index is 13.0. The second kappa shape index (κ2) is 5.61. The van der Waals surface area contributed by atoms with Crippen LogP contribution in [0, 0.1) is 0 Å². The molecule has 0 aliphatic rings. The van der Waals surface area contributed by atoms with E-state index in [4.69, 9.17) is 0 Å². The van der Waals surface area contributed by atoms with Gasteiger partial charge in [0.1, 0.15) is 0 Å². The number of esters is 1. The van der Waals surface area contributed by atoms with E-state index in [2.05, 4.69) is 4.74 Å². The quantitative estimate of drug-likeness (QED) is 0.860. The summed E-state index contributed by atoms with van der Waals surface area (Å²) in [7, 11) is 0. The van der Waals surface area contributed by atoms with Crippen molar-refractivity contribution in [3.63, 3.8) is 0 Å². The number of ether oxygens (including phenoxy) is 1. The predicted octanol–water partition coefficient (Wildman–Crippen LogP) is 2.78. The third-order valence-corrected chi connectivity index (χ3v) is 2.49. The number of hydrogen-bond donors (Lipinski definition) is 1. The fraction of sp³-hybridized carbons (Fsp3) is 0.462. The van der Waals surface area contributed by atoms with Gasteiger partial charge in [-0.3, -0.25) is 4.79 Å². The molecular formula is C13H15F3O3. The highest BCUT2D eigenvalue weighted by molar-refractivity contribution is 5.71. The second-order valence-electron chi connectivity index (χ2n) is 4.44. The number of rotatable bonds is 4. The van der Waals surface area contributed by atoms with Gasteiger partial charge in [0.15, 0.2) is 5.60 Å². The van der Waals surface area contributed by atoms with Crippen molar-refractivity contribution in [1.82, 2.24) is 0 Å². The number of hydrogen-bond acceptors (Lipinski definition) is 3. The van der Waals surface area contributed by atoms with Gasteiger partial charge < -0.3 is 9.84 Å². The number of halogens is 3. The van der Waals surface area contributed by atoms with Crippen molar-refractivity contribution in [2.75, 3.05) is 0 Å². The Kier molecular flexibility index (Phi) is 4.57. The van der Waals surface area contributed by atoms with Gasteiger partial charge in [-0.05, 0) is 19.4 Å². The van der Waals surface area contributed by atoms with E-state index in [9.17, 15) is 23.1 Å². The zero-order chi connectivity index (χ0) is 14.7. The van der Waals surface area contributed by atoms with Crippen LogP contribution in [0.2, 0.25) is 0 Å². The fourth-order valence-corrected chi connectivity index (χ4v) is 1.59. The summed E-state index contributed by atoms with van der Waals surface area (Å²) in [6.07, 6.45) is -6.68. The standard InChI is InChI=1S/C13H15F3O3/c1-9(2)19-11(17)8-12(18,13(14,15)16)10-6-4-3-5-7-10/h3-7,9,18H,8H2,1-2H3/t12-/m0/s1. The van der Waals surface area contributed by atoms with Crippen LogP contribution in [0.3, 0.4) is 0 Å². The summed E-state index contributed by atoms with van der Waals surface area (Å²) in [5.74, 6) is -1.10. The van der Waals surface area contributed by atoms with Crippen molar-refractivity contribution < 1.29 is 27.8 Å². The third kappa shape index (κ3) is 3.70. The van der Waals surface area contributed by atoms with Crippen molar-refractivity contribution >= 4 is 5.97 Å². The molecule has 0 aliphatic heterocycles. The molecule has 19 heavy (non-hydrogen) atoms. The molecule has 0 amide bonds. The minimum absolute atomic E-state index is 0.386. The van der Waals surface area contributed by atoms with Crippen LogP contribution in [0.1, 0.15) is 25.8 Å². The lowest BCUT2D eigenvalue weighted by atomic mass is 9.90. The summed E-state index contributed by atoms with van der Waals surface area (Å²) in [6, 6.07) is 6.48. The van der Waals surface area contributed by atoms with E-state index >= 15 is 0 Å². The molecule has 1 rings (SSSR count). The van der Waals surface area contributed by atoms with Crippen LogP contribution in [0.25, 0.3) is 0 Å². The van der Waals surface area contributed by atoms with Crippen molar-refractivity contribution in [2.45, 2.75) is 38.1 Å². The number of carbonyl (C=O) groups excluding carboxylic acids is 1. The maximum absolute atomic E-state index is 13.0. The molecule has 0 radical (unpaired) electrons. The largest absolute Gasteiger partial charge is 0.463 e.